The van der Waals surface area contributed by atoms with Gasteiger partial charge in [-0.1, -0.05) is 298 Å². The summed E-state index contributed by atoms with van der Waals surface area (Å²) in [5, 5.41) is 0. The summed E-state index contributed by atoms with van der Waals surface area (Å²) < 4.78 is 17.0. The van der Waals surface area contributed by atoms with Crippen molar-refractivity contribution in [3.63, 3.8) is 0 Å². The number of carbonyl (C=O) groups is 3. The number of allylic oxidation sites excluding steroid dienone is 14. The predicted octanol–water partition coefficient (Wildman–Crippen LogP) is 24.2. The molecule has 0 aromatic carbocycles. The Kier molecular flexibility index (Phi) is 66.2. The fraction of sp³-hybridized carbons (Fsp3) is 0.773. The number of rotatable bonds is 64. The summed E-state index contributed by atoms with van der Waals surface area (Å²) in [5.41, 5.74) is 0. The van der Waals surface area contributed by atoms with Crippen LogP contribution in [0.2, 0.25) is 0 Å². The zero-order valence-corrected chi connectivity index (χ0v) is 53.8. The van der Waals surface area contributed by atoms with Crippen LogP contribution in [0.4, 0.5) is 0 Å². The Morgan fingerprint density at radius 3 is 0.704 bits per heavy atom. The molecule has 1 unspecified atom stereocenters. The number of esters is 3. The highest BCUT2D eigenvalue weighted by Crippen LogP contribution is 2.16. The fourth-order valence-corrected chi connectivity index (χ4v) is 10.0. The third kappa shape index (κ3) is 67.3. The van der Waals surface area contributed by atoms with Gasteiger partial charge < -0.3 is 14.2 Å². The molecule has 468 valence electrons. The first kappa shape index (κ1) is 77.6. The SMILES string of the molecule is CCCCCCC/C=C\C/C=C\C/C=C\CCCCCCCCCCC(=O)OCC(COC(=O)CCCCCCCCC/C=C\CCCCCCCC)OC(=O)CCCCCCCCCC/C=C\C/C=C\C/C=C\CCCCCCC. The molecule has 0 aromatic rings. The number of hydrogen-bond donors (Lipinski definition) is 0. The van der Waals surface area contributed by atoms with Crippen LogP contribution in [-0.4, -0.2) is 37.2 Å². The van der Waals surface area contributed by atoms with Gasteiger partial charge in [0, 0.05) is 19.3 Å². The molecule has 0 aliphatic carbocycles. The van der Waals surface area contributed by atoms with Gasteiger partial charge >= 0.3 is 17.9 Å². The molecule has 0 amide bonds. The van der Waals surface area contributed by atoms with Crippen LogP contribution in [0.5, 0.6) is 0 Å². The maximum absolute atomic E-state index is 13.0. The van der Waals surface area contributed by atoms with E-state index >= 15 is 0 Å². The minimum absolute atomic E-state index is 0.0829. The maximum atomic E-state index is 13.0. The normalized spacial score (nSPS) is 12.6. The monoisotopic (exact) mass is 1130 g/mol. The van der Waals surface area contributed by atoms with Gasteiger partial charge in [-0.15, -0.1) is 0 Å². The molecular weight excluding hydrogens is 997 g/mol. The molecule has 0 saturated carbocycles. The van der Waals surface area contributed by atoms with Gasteiger partial charge in [0.2, 0.25) is 0 Å². The number of hydrogen-bond acceptors (Lipinski definition) is 6. The molecule has 0 radical (unpaired) electrons. The standard InChI is InChI=1S/C75H132O6/c1-4-7-10-13-16-19-22-25-28-31-33-35-37-39-41-44-47-50-53-56-59-62-65-68-74(77)80-71-72(70-79-73(76)67-64-61-58-55-52-49-46-43-30-27-24-21-18-15-12-9-6-3)81-75(78)69-66-63-60-57-54-51-48-45-42-40-38-36-34-32-29-26-23-20-17-14-11-8-5-2/h22-23,25-27,30-34,37-40,72H,4-21,24,28-29,35-36,41-71H2,1-3H3/b25-22-,26-23-,30-27-,33-31-,34-32-,39-37-,40-38-. The first-order chi connectivity index (χ1) is 40.0. The van der Waals surface area contributed by atoms with Crippen LogP contribution in [-0.2, 0) is 28.6 Å². The summed E-state index contributed by atoms with van der Waals surface area (Å²) in [6.07, 6.45) is 91.6. The van der Waals surface area contributed by atoms with Gasteiger partial charge in [0.1, 0.15) is 13.2 Å². The first-order valence-corrected chi connectivity index (χ1v) is 35.1. The van der Waals surface area contributed by atoms with E-state index in [-0.39, 0.29) is 31.1 Å². The van der Waals surface area contributed by atoms with E-state index in [1.54, 1.807) is 0 Å². The molecule has 6 heteroatoms. The van der Waals surface area contributed by atoms with Crippen molar-refractivity contribution >= 4 is 17.9 Å². The van der Waals surface area contributed by atoms with Gasteiger partial charge in [0.25, 0.3) is 0 Å². The Balaban J connectivity index is 4.40. The average Bonchev–Trinajstić information content (AvgIpc) is 3.47. The van der Waals surface area contributed by atoms with Crippen molar-refractivity contribution in [2.45, 2.75) is 361 Å². The lowest BCUT2D eigenvalue weighted by Crippen LogP contribution is -2.30. The van der Waals surface area contributed by atoms with Crippen LogP contribution in [0.3, 0.4) is 0 Å². The number of ether oxygens (including phenoxy) is 3. The van der Waals surface area contributed by atoms with E-state index < -0.39 is 6.10 Å². The zero-order valence-electron chi connectivity index (χ0n) is 53.8. The van der Waals surface area contributed by atoms with Crippen LogP contribution in [0.15, 0.2) is 85.1 Å². The van der Waals surface area contributed by atoms with E-state index in [1.165, 1.54) is 218 Å². The van der Waals surface area contributed by atoms with Crippen molar-refractivity contribution in [1.29, 1.82) is 0 Å². The lowest BCUT2D eigenvalue weighted by Gasteiger charge is -2.18. The van der Waals surface area contributed by atoms with Crippen molar-refractivity contribution in [3.8, 4) is 0 Å². The van der Waals surface area contributed by atoms with Gasteiger partial charge in [-0.3, -0.25) is 14.4 Å². The molecule has 1 atom stereocenters. The van der Waals surface area contributed by atoms with E-state index in [0.717, 1.165) is 96.3 Å². The van der Waals surface area contributed by atoms with Gasteiger partial charge in [-0.2, -0.15) is 0 Å². The molecule has 81 heavy (non-hydrogen) atoms. The van der Waals surface area contributed by atoms with Crippen LogP contribution < -0.4 is 0 Å². The van der Waals surface area contributed by atoms with E-state index in [0.29, 0.717) is 19.3 Å². The third-order valence-electron chi connectivity index (χ3n) is 15.3. The van der Waals surface area contributed by atoms with E-state index in [1.807, 2.05) is 0 Å². The molecule has 0 fully saturated rings. The highest BCUT2D eigenvalue weighted by atomic mass is 16.6. The van der Waals surface area contributed by atoms with Crippen molar-refractivity contribution < 1.29 is 28.6 Å². The molecule has 0 aliphatic heterocycles. The molecular formula is C75H132O6. The van der Waals surface area contributed by atoms with Gasteiger partial charge in [0.15, 0.2) is 6.10 Å². The van der Waals surface area contributed by atoms with E-state index in [4.69, 9.17) is 14.2 Å². The minimum atomic E-state index is -0.788. The smallest absolute Gasteiger partial charge is 0.306 e. The summed E-state index contributed by atoms with van der Waals surface area (Å²) in [5.74, 6) is -0.885. The summed E-state index contributed by atoms with van der Waals surface area (Å²) in [7, 11) is 0. The molecule has 6 nitrogen and oxygen atoms in total. The molecule has 0 aromatic heterocycles. The topological polar surface area (TPSA) is 78.9 Å². The van der Waals surface area contributed by atoms with E-state index in [9.17, 15) is 14.4 Å². The Morgan fingerprint density at radius 2 is 0.444 bits per heavy atom. The van der Waals surface area contributed by atoms with Crippen molar-refractivity contribution in [1.82, 2.24) is 0 Å². The number of carbonyl (C=O) groups excluding carboxylic acids is 3. The molecule has 0 spiro atoms. The highest BCUT2D eigenvalue weighted by molar-refractivity contribution is 5.71. The molecule has 0 rings (SSSR count). The molecule has 0 bridgehead atoms. The molecule has 0 heterocycles. The average molecular weight is 1130 g/mol. The molecule has 0 aliphatic rings. The summed E-state index contributed by atoms with van der Waals surface area (Å²) in [6, 6.07) is 0. The number of unbranched alkanes of at least 4 members (excludes halogenated alkanes) is 39. The second-order valence-electron chi connectivity index (χ2n) is 23.4. The highest BCUT2D eigenvalue weighted by Gasteiger charge is 2.19. The summed E-state index contributed by atoms with van der Waals surface area (Å²) >= 11 is 0. The summed E-state index contributed by atoms with van der Waals surface area (Å²) in [6.45, 7) is 6.64. The molecule has 0 N–H and O–H groups in total. The van der Waals surface area contributed by atoms with Crippen molar-refractivity contribution in [2.24, 2.45) is 0 Å². The Labute approximate surface area is 503 Å². The van der Waals surface area contributed by atoms with Gasteiger partial charge in [-0.05, 0) is 122 Å². The Hall–Kier alpha value is -3.41. The minimum Gasteiger partial charge on any atom is -0.462 e. The Bertz CT molecular complexity index is 1530. The summed E-state index contributed by atoms with van der Waals surface area (Å²) in [4.78, 5) is 38.5. The van der Waals surface area contributed by atoms with E-state index in [2.05, 4.69) is 106 Å². The van der Waals surface area contributed by atoms with Crippen LogP contribution in [0, 0.1) is 0 Å². The predicted molar refractivity (Wildman–Crippen MR) is 353 cm³/mol. The zero-order chi connectivity index (χ0) is 58.5. The Morgan fingerprint density at radius 1 is 0.247 bits per heavy atom. The van der Waals surface area contributed by atoms with Crippen molar-refractivity contribution in [3.05, 3.63) is 85.1 Å². The second kappa shape index (κ2) is 69.1. The molecule has 0 saturated heterocycles. The lowest BCUT2D eigenvalue weighted by atomic mass is 10.1. The lowest BCUT2D eigenvalue weighted by molar-refractivity contribution is -0.167. The van der Waals surface area contributed by atoms with Gasteiger partial charge in [0.05, 0.1) is 0 Å². The van der Waals surface area contributed by atoms with Crippen LogP contribution in [0.1, 0.15) is 355 Å². The largest absolute Gasteiger partial charge is 0.462 e. The van der Waals surface area contributed by atoms with Gasteiger partial charge in [-0.25, -0.2) is 0 Å². The fourth-order valence-electron chi connectivity index (χ4n) is 10.0. The van der Waals surface area contributed by atoms with Crippen LogP contribution in [0.25, 0.3) is 0 Å². The third-order valence-corrected chi connectivity index (χ3v) is 15.3. The maximum Gasteiger partial charge on any atom is 0.306 e. The first-order valence-electron chi connectivity index (χ1n) is 35.1. The second-order valence-corrected chi connectivity index (χ2v) is 23.4. The quantitative estimate of drug-likeness (QED) is 0.0261. The van der Waals surface area contributed by atoms with Crippen LogP contribution >= 0.6 is 0 Å². The van der Waals surface area contributed by atoms with Crippen molar-refractivity contribution in [2.75, 3.05) is 13.2 Å².